The molecule has 0 unspecified atom stereocenters. The minimum atomic E-state index is -3.30. The third-order valence-electron chi connectivity index (χ3n) is 3.96. The molecule has 2 N–H and O–H groups in total. The van der Waals surface area contributed by atoms with Crippen LogP contribution in [0.5, 0.6) is 0 Å². The van der Waals surface area contributed by atoms with Crippen molar-refractivity contribution in [2.24, 2.45) is 0 Å². The maximum atomic E-state index is 14.3. The molecule has 2 aromatic carbocycles. The van der Waals surface area contributed by atoms with Crippen LogP contribution in [0.25, 0.3) is 21.9 Å². The zero-order chi connectivity index (χ0) is 18.2. The van der Waals surface area contributed by atoms with Gasteiger partial charge in [0.1, 0.15) is 5.82 Å². The van der Waals surface area contributed by atoms with Crippen LogP contribution in [0.1, 0.15) is 18.5 Å². The lowest BCUT2D eigenvalue weighted by Crippen LogP contribution is -2.25. The molecule has 3 rings (SSSR count). The molecule has 0 aliphatic heterocycles. The summed E-state index contributed by atoms with van der Waals surface area (Å²) < 4.78 is 39.4. The van der Waals surface area contributed by atoms with E-state index in [1.165, 1.54) is 12.3 Å². The Morgan fingerprint density at radius 3 is 2.40 bits per heavy atom. The Labute approximate surface area is 144 Å². The SMILES string of the molecule is C[C@H](NS(C)(=O)=O)c1ccc(-c2cc(F)c3c(=O)[nH]ccc3c2)cc1. The van der Waals surface area contributed by atoms with E-state index in [1.54, 1.807) is 43.3 Å². The van der Waals surface area contributed by atoms with Gasteiger partial charge < -0.3 is 4.98 Å². The summed E-state index contributed by atoms with van der Waals surface area (Å²) in [6.07, 6.45) is 2.59. The summed E-state index contributed by atoms with van der Waals surface area (Å²) >= 11 is 0. The fraction of sp³-hybridized carbons (Fsp3) is 0.167. The lowest BCUT2D eigenvalue weighted by atomic mass is 9.99. The summed E-state index contributed by atoms with van der Waals surface area (Å²) in [5, 5.41) is 0.559. The first kappa shape index (κ1) is 17.3. The first-order valence-corrected chi connectivity index (χ1v) is 9.52. The molecule has 1 atom stereocenters. The normalized spacial score (nSPS) is 13.1. The highest BCUT2D eigenvalue weighted by Crippen LogP contribution is 2.26. The lowest BCUT2D eigenvalue weighted by molar-refractivity contribution is 0.573. The zero-order valence-corrected chi connectivity index (χ0v) is 14.5. The molecule has 0 fully saturated rings. The van der Waals surface area contributed by atoms with E-state index < -0.39 is 21.4 Å². The van der Waals surface area contributed by atoms with Gasteiger partial charge in [-0.2, -0.15) is 0 Å². The number of benzene rings is 2. The highest BCUT2D eigenvalue weighted by atomic mass is 32.2. The van der Waals surface area contributed by atoms with E-state index in [1.807, 2.05) is 0 Å². The van der Waals surface area contributed by atoms with Crippen LogP contribution in [-0.4, -0.2) is 19.7 Å². The molecule has 5 nitrogen and oxygen atoms in total. The number of hydrogen-bond acceptors (Lipinski definition) is 3. The van der Waals surface area contributed by atoms with Crippen LogP contribution in [0, 0.1) is 5.82 Å². The van der Waals surface area contributed by atoms with Gasteiger partial charge in [-0.3, -0.25) is 4.79 Å². The number of rotatable bonds is 4. The van der Waals surface area contributed by atoms with E-state index in [0.717, 1.165) is 17.4 Å². The third kappa shape index (κ3) is 3.78. The Morgan fingerprint density at radius 2 is 1.76 bits per heavy atom. The van der Waals surface area contributed by atoms with Gasteiger partial charge in [-0.15, -0.1) is 0 Å². The zero-order valence-electron chi connectivity index (χ0n) is 13.7. The fourth-order valence-corrected chi connectivity index (χ4v) is 3.58. The minimum Gasteiger partial charge on any atom is -0.328 e. The summed E-state index contributed by atoms with van der Waals surface area (Å²) in [7, 11) is -3.30. The second kappa shape index (κ2) is 6.42. The van der Waals surface area contributed by atoms with Crippen LogP contribution in [0.4, 0.5) is 4.39 Å². The number of H-pyrrole nitrogens is 1. The Kier molecular flexibility index (Phi) is 4.45. The van der Waals surface area contributed by atoms with Crippen molar-refractivity contribution in [3.63, 3.8) is 0 Å². The highest BCUT2D eigenvalue weighted by Gasteiger charge is 2.12. The predicted molar refractivity (Wildman–Crippen MR) is 96.4 cm³/mol. The Morgan fingerprint density at radius 1 is 1.08 bits per heavy atom. The van der Waals surface area contributed by atoms with Crippen LogP contribution in [-0.2, 0) is 10.0 Å². The van der Waals surface area contributed by atoms with E-state index in [0.29, 0.717) is 10.9 Å². The van der Waals surface area contributed by atoms with Gasteiger partial charge in [0.05, 0.1) is 11.6 Å². The summed E-state index contributed by atoms with van der Waals surface area (Å²) in [6, 6.07) is 11.5. The van der Waals surface area contributed by atoms with Crippen molar-refractivity contribution in [1.29, 1.82) is 0 Å². The number of hydrogen-bond donors (Lipinski definition) is 2. The second-order valence-electron chi connectivity index (χ2n) is 5.96. The van der Waals surface area contributed by atoms with Gasteiger partial charge in [0, 0.05) is 12.2 Å². The fourth-order valence-electron chi connectivity index (χ4n) is 2.80. The van der Waals surface area contributed by atoms with Crippen LogP contribution in [0.15, 0.2) is 53.5 Å². The van der Waals surface area contributed by atoms with Gasteiger partial charge in [-0.05, 0) is 47.2 Å². The molecule has 0 amide bonds. The first-order chi connectivity index (χ1) is 11.7. The van der Waals surface area contributed by atoms with Gasteiger partial charge in [0.2, 0.25) is 10.0 Å². The molecule has 1 aromatic heterocycles. The number of sulfonamides is 1. The van der Waals surface area contributed by atoms with Crippen molar-refractivity contribution in [3.8, 4) is 11.1 Å². The number of fused-ring (bicyclic) bond motifs is 1. The Balaban J connectivity index is 1.98. The lowest BCUT2D eigenvalue weighted by Gasteiger charge is -2.13. The van der Waals surface area contributed by atoms with Crippen molar-refractivity contribution in [1.82, 2.24) is 9.71 Å². The number of aromatic nitrogens is 1. The Hall–Kier alpha value is -2.51. The summed E-state index contributed by atoms with van der Waals surface area (Å²) in [5.41, 5.74) is 1.76. The summed E-state index contributed by atoms with van der Waals surface area (Å²) in [5.74, 6) is -0.578. The van der Waals surface area contributed by atoms with E-state index >= 15 is 0 Å². The molecule has 0 bridgehead atoms. The van der Waals surface area contributed by atoms with Gasteiger partial charge >= 0.3 is 0 Å². The second-order valence-corrected chi connectivity index (χ2v) is 7.74. The number of nitrogens with one attached hydrogen (secondary N) is 2. The van der Waals surface area contributed by atoms with Crippen molar-refractivity contribution < 1.29 is 12.8 Å². The molecule has 0 spiro atoms. The molecule has 0 saturated heterocycles. The van der Waals surface area contributed by atoms with Gasteiger partial charge in [0.15, 0.2) is 0 Å². The molecule has 1 heterocycles. The third-order valence-corrected chi connectivity index (χ3v) is 4.74. The number of halogens is 1. The largest absolute Gasteiger partial charge is 0.328 e. The molecule has 25 heavy (non-hydrogen) atoms. The molecular weight excluding hydrogens is 343 g/mol. The summed E-state index contributed by atoms with van der Waals surface area (Å²) in [4.78, 5) is 14.2. The van der Waals surface area contributed by atoms with Gasteiger partial charge in [-0.1, -0.05) is 24.3 Å². The quantitative estimate of drug-likeness (QED) is 0.751. The van der Waals surface area contributed by atoms with Crippen LogP contribution in [0.3, 0.4) is 0 Å². The van der Waals surface area contributed by atoms with E-state index in [9.17, 15) is 17.6 Å². The average molecular weight is 360 g/mol. The highest BCUT2D eigenvalue weighted by molar-refractivity contribution is 7.88. The van der Waals surface area contributed by atoms with Crippen LogP contribution >= 0.6 is 0 Å². The van der Waals surface area contributed by atoms with Crippen molar-refractivity contribution in [3.05, 3.63) is 70.4 Å². The molecule has 0 saturated carbocycles. The standard InChI is InChI=1S/C18H17FN2O3S/c1-11(21-25(2,23)24)12-3-5-13(6-4-12)15-9-14-7-8-20-18(22)17(14)16(19)10-15/h3-11,21H,1-2H3,(H,20,22)/t11-/m0/s1. The average Bonchev–Trinajstić information content (AvgIpc) is 2.53. The summed E-state index contributed by atoms with van der Waals surface area (Å²) in [6.45, 7) is 1.75. The van der Waals surface area contributed by atoms with Crippen molar-refractivity contribution >= 4 is 20.8 Å². The molecule has 0 aliphatic rings. The monoisotopic (exact) mass is 360 g/mol. The Bertz CT molecular complexity index is 1090. The van der Waals surface area contributed by atoms with Crippen LogP contribution < -0.4 is 10.3 Å². The maximum Gasteiger partial charge on any atom is 0.258 e. The molecule has 130 valence electrons. The molecule has 3 aromatic rings. The van der Waals surface area contributed by atoms with E-state index in [4.69, 9.17) is 0 Å². The molecule has 0 radical (unpaired) electrons. The maximum absolute atomic E-state index is 14.3. The topological polar surface area (TPSA) is 79.0 Å². The molecular formula is C18H17FN2O3S. The predicted octanol–water partition coefficient (Wildman–Crippen LogP) is 2.94. The van der Waals surface area contributed by atoms with E-state index in [-0.39, 0.29) is 11.4 Å². The molecule has 7 heteroatoms. The number of pyridine rings is 1. The molecule has 0 aliphatic carbocycles. The van der Waals surface area contributed by atoms with Crippen molar-refractivity contribution in [2.75, 3.05) is 6.26 Å². The number of aromatic amines is 1. The van der Waals surface area contributed by atoms with Crippen LogP contribution in [0.2, 0.25) is 0 Å². The minimum absolute atomic E-state index is 0.0360. The van der Waals surface area contributed by atoms with Crippen molar-refractivity contribution in [2.45, 2.75) is 13.0 Å². The van der Waals surface area contributed by atoms with Gasteiger partial charge in [-0.25, -0.2) is 17.5 Å². The van der Waals surface area contributed by atoms with Gasteiger partial charge in [0.25, 0.3) is 5.56 Å². The first-order valence-electron chi connectivity index (χ1n) is 7.63. The van der Waals surface area contributed by atoms with E-state index in [2.05, 4.69) is 9.71 Å². The smallest absolute Gasteiger partial charge is 0.258 e.